The van der Waals surface area contributed by atoms with E-state index >= 15 is 0 Å². The van der Waals surface area contributed by atoms with Crippen LogP contribution in [0.25, 0.3) is 0 Å². The van der Waals surface area contributed by atoms with Gasteiger partial charge in [-0.3, -0.25) is 0 Å². The molecular weight excluding hydrogens is 310 g/mol. The minimum atomic E-state index is 0.256. The molecule has 0 radical (unpaired) electrons. The molecule has 0 bridgehead atoms. The first-order chi connectivity index (χ1) is 10.8. The van der Waals surface area contributed by atoms with Gasteiger partial charge in [-0.1, -0.05) is 37.3 Å². The highest BCUT2D eigenvalue weighted by Crippen LogP contribution is 2.44. The summed E-state index contributed by atoms with van der Waals surface area (Å²) in [5.74, 6) is 0. The molecule has 0 spiro atoms. The van der Waals surface area contributed by atoms with Crippen molar-refractivity contribution < 1.29 is 5.11 Å². The van der Waals surface area contributed by atoms with E-state index in [4.69, 9.17) is 0 Å². The summed E-state index contributed by atoms with van der Waals surface area (Å²) < 4.78 is 1.46. The third-order valence-corrected chi connectivity index (χ3v) is 6.51. The Balaban J connectivity index is 1.79. The van der Waals surface area contributed by atoms with Crippen LogP contribution < -0.4 is 5.32 Å². The van der Waals surface area contributed by atoms with Gasteiger partial charge >= 0.3 is 0 Å². The number of rotatable bonds is 6. The molecule has 2 heterocycles. The molecule has 2 unspecified atom stereocenters. The Morgan fingerprint density at radius 1 is 1.27 bits per heavy atom. The van der Waals surface area contributed by atoms with E-state index in [0.717, 1.165) is 19.3 Å². The Labute approximate surface area is 141 Å². The number of hydrogen-bond donors (Lipinski definition) is 2. The van der Waals surface area contributed by atoms with Crippen molar-refractivity contribution in [3.8, 4) is 0 Å². The molecular formula is C18H23NOS2. The first-order valence-electron chi connectivity index (χ1n) is 7.94. The van der Waals surface area contributed by atoms with Crippen molar-refractivity contribution in [2.45, 2.75) is 47.7 Å². The van der Waals surface area contributed by atoms with Crippen molar-refractivity contribution in [2.75, 3.05) is 6.61 Å². The number of thioether (sulfide) groups is 1. The molecule has 0 aliphatic carbocycles. The van der Waals surface area contributed by atoms with Crippen molar-refractivity contribution in [3.05, 3.63) is 52.9 Å². The molecule has 1 aliphatic heterocycles. The second kappa shape index (κ2) is 7.64. The number of aliphatic hydroxyl groups excluding tert-OH is 1. The van der Waals surface area contributed by atoms with E-state index in [1.807, 2.05) is 23.1 Å². The number of thiophene rings is 1. The normalized spacial score (nSPS) is 22.3. The summed E-state index contributed by atoms with van der Waals surface area (Å²) in [5, 5.41) is 15.9. The van der Waals surface area contributed by atoms with Crippen LogP contribution in [-0.4, -0.2) is 17.0 Å². The lowest BCUT2D eigenvalue weighted by Gasteiger charge is -2.31. The van der Waals surface area contributed by atoms with Gasteiger partial charge in [0.1, 0.15) is 0 Å². The molecule has 1 aromatic carbocycles. The van der Waals surface area contributed by atoms with E-state index in [2.05, 4.69) is 54.0 Å². The Hall–Kier alpha value is -0.810. The van der Waals surface area contributed by atoms with E-state index in [9.17, 15) is 5.11 Å². The summed E-state index contributed by atoms with van der Waals surface area (Å²) in [6.07, 6.45) is 2.97. The maximum Gasteiger partial charge on any atom is 0.0649 e. The van der Waals surface area contributed by atoms with Gasteiger partial charge in [-0.15, -0.1) is 23.1 Å². The molecule has 2 aromatic rings. The van der Waals surface area contributed by atoms with E-state index < -0.39 is 0 Å². The van der Waals surface area contributed by atoms with Crippen LogP contribution in [0.1, 0.15) is 49.4 Å². The summed E-state index contributed by atoms with van der Waals surface area (Å²) in [6, 6.07) is 13.6. The monoisotopic (exact) mass is 333 g/mol. The van der Waals surface area contributed by atoms with Crippen LogP contribution in [0.2, 0.25) is 0 Å². The van der Waals surface area contributed by atoms with Crippen LogP contribution in [0.5, 0.6) is 0 Å². The standard InChI is InChI=1S/C18H23NOS2/c1-13-12-17(15-9-11-21-18(15)22-13)19-16(8-5-10-20)14-6-3-2-4-7-14/h2-4,6-7,9,11,13,16-17,19-20H,5,8,10,12H2,1H3/t13-,16?,17?/m0/s1. The zero-order valence-corrected chi connectivity index (χ0v) is 14.5. The Bertz CT molecular complexity index is 584. The first kappa shape index (κ1) is 16.1. The lowest BCUT2D eigenvalue weighted by Crippen LogP contribution is -2.30. The van der Waals surface area contributed by atoms with Crippen molar-refractivity contribution in [1.82, 2.24) is 5.32 Å². The molecule has 3 atom stereocenters. The van der Waals surface area contributed by atoms with Crippen LogP contribution in [-0.2, 0) is 0 Å². The Morgan fingerprint density at radius 3 is 2.86 bits per heavy atom. The smallest absolute Gasteiger partial charge is 0.0649 e. The highest BCUT2D eigenvalue weighted by atomic mass is 32.2. The first-order valence-corrected chi connectivity index (χ1v) is 9.69. The van der Waals surface area contributed by atoms with Crippen molar-refractivity contribution in [3.63, 3.8) is 0 Å². The maximum absolute atomic E-state index is 9.21. The molecule has 0 saturated carbocycles. The van der Waals surface area contributed by atoms with E-state index in [1.165, 1.54) is 15.3 Å². The number of fused-ring (bicyclic) bond motifs is 1. The summed E-state index contributed by atoms with van der Waals surface area (Å²) in [4.78, 5) is 0. The van der Waals surface area contributed by atoms with E-state index in [1.54, 1.807) is 0 Å². The van der Waals surface area contributed by atoms with Gasteiger partial charge in [0.05, 0.1) is 4.21 Å². The molecule has 1 aromatic heterocycles. The quantitative estimate of drug-likeness (QED) is 0.798. The molecule has 2 N–H and O–H groups in total. The molecule has 2 nitrogen and oxygen atoms in total. The zero-order valence-electron chi connectivity index (χ0n) is 12.9. The Morgan fingerprint density at radius 2 is 2.09 bits per heavy atom. The summed E-state index contributed by atoms with van der Waals surface area (Å²) in [7, 11) is 0. The average Bonchev–Trinajstić information content (AvgIpc) is 3.00. The number of nitrogens with one attached hydrogen (secondary N) is 1. The molecule has 0 fully saturated rings. The number of aliphatic hydroxyl groups is 1. The summed E-state index contributed by atoms with van der Waals surface area (Å²) in [6.45, 7) is 2.57. The topological polar surface area (TPSA) is 32.3 Å². The average molecular weight is 334 g/mol. The predicted octanol–water partition coefficient (Wildman–Crippen LogP) is 4.78. The number of hydrogen-bond acceptors (Lipinski definition) is 4. The molecule has 3 rings (SSSR count). The van der Waals surface area contributed by atoms with E-state index in [0.29, 0.717) is 17.3 Å². The minimum Gasteiger partial charge on any atom is -0.396 e. The van der Waals surface area contributed by atoms with Gasteiger partial charge in [0.15, 0.2) is 0 Å². The predicted molar refractivity (Wildman–Crippen MR) is 95.6 cm³/mol. The second-order valence-corrected chi connectivity index (χ2v) is 8.50. The van der Waals surface area contributed by atoms with Gasteiger partial charge in [0, 0.05) is 23.9 Å². The molecule has 22 heavy (non-hydrogen) atoms. The van der Waals surface area contributed by atoms with Gasteiger partial charge in [-0.05, 0) is 41.8 Å². The zero-order chi connectivity index (χ0) is 15.4. The van der Waals surface area contributed by atoms with Crippen molar-refractivity contribution >= 4 is 23.1 Å². The summed E-state index contributed by atoms with van der Waals surface area (Å²) >= 11 is 3.86. The van der Waals surface area contributed by atoms with E-state index in [-0.39, 0.29) is 6.61 Å². The second-order valence-electron chi connectivity index (χ2n) is 5.88. The third kappa shape index (κ3) is 3.74. The molecule has 118 valence electrons. The Kier molecular flexibility index (Phi) is 5.58. The van der Waals surface area contributed by atoms with Gasteiger partial charge in [-0.2, -0.15) is 0 Å². The molecule has 0 saturated heterocycles. The fourth-order valence-electron chi connectivity index (χ4n) is 3.08. The highest BCUT2D eigenvalue weighted by molar-refractivity contribution is 8.01. The van der Waals surface area contributed by atoms with Crippen molar-refractivity contribution in [1.29, 1.82) is 0 Å². The fraction of sp³-hybridized carbons (Fsp3) is 0.444. The van der Waals surface area contributed by atoms with Crippen LogP contribution in [0.15, 0.2) is 46.0 Å². The van der Waals surface area contributed by atoms with Crippen LogP contribution in [0.4, 0.5) is 0 Å². The van der Waals surface area contributed by atoms with Crippen LogP contribution in [0.3, 0.4) is 0 Å². The molecule has 4 heteroatoms. The van der Waals surface area contributed by atoms with Gasteiger partial charge < -0.3 is 10.4 Å². The van der Waals surface area contributed by atoms with Gasteiger partial charge in [-0.25, -0.2) is 0 Å². The van der Waals surface area contributed by atoms with Crippen molar-refractivity contribution in [2.24, 2.45) is 0 Å². The lowest BCUT2D eigenvalue weighted by atomic mass is 9.97. The summed E-state index contributed by atoms with van der Waals surface area (Å²) in [5.41, 5.74) is 2.77. The maximum atomic E-state index is 9.21. The molecule has 0 amide bonds. The van der Waals surface area contributed by atoms with Crippen LogP contribution in [0, 0.1) is 0 Å². The fourth-order valence-corrected chi connectivity index (χ4v) is 5.64. The largest absolute Gasteiger partial charge is 0.396 e. The highest BCUT2D eigenvalue weighted by Gasteiger charge is 2.28. The van der Waals surface area contributed by atoms with Gasteiger partial charge in [0.25, 0.3) is 0 Å². The lowest BCUT2D eigenvalue weighted by molar-refractivity contribution is 0.270. The molecule has 1 aliphatic rings. The number of benzene rings is 1. The SMILES string of the molecule is C[C@H]1CC(NC(CCCO)c2ccccc2)c2ccsc2S1. The van der Waals surface area contributed by atoms with Crippen LogP contribution >= 0.6 is 23.1 Å². The minimum absolute atomic E-state index is 0.256. The third-order valence-electron chi connectivity index (χ3n) is 4.16. The van der Waals surface area contributed by atoms with Gasteiger partial charge in [0.2, 0.25) is 0 Å².